The number of H-pyrrole nitrogens is 2. The van der Waals surface area contributed by atoms with Crippen LogP contribution in [0.25, 0.3) is 22.8 Å². The van der Waals surface area contributed by atoms with Gasteiger partial charge in [-0.1, -0.05) is 35.9 Å². The SMILES string of the molecule is O=c1cc(-c2n[nH]c(Cc3ccc(-c4cccc(OCc5ccc(Cl)cc5F)n4)cc3F)n2)o[nH]1. The van der Waals surface area contributed by atoms with Crippen LogP contribution in [0.5, 0.6) is 5.88 Å². The van der Waals surface area contributed by atoms with Gasteiger partial charge < -0.3 is 9.26 Å². The van der Waals surface area contributed by atoms with E-state index in [9.17, 15) is 13.6 Å². The van der Waals surface area contributed by atoms with Gasteiger partial charge in [0, 0.05) is 28.6 Å². The highest BCUT2D eigenvalue weighted by molar-refractivity contribution is 6.30. The van der Waals surface area contributed by atoms with Gasteiger partial charge in [0.15, 0.2) is 0 Å². The maximum atomic E-state index is 14.9. The molecule has 0 bridgehead atoms. The maximum absolute atomic E-state index is 14.9. The van der Waals surface area contributed by atoms with Crippen molar-refractivity contribution in [3.05, 3.63) is 105 Å². The molecule has 0 spiro atoms. The summed E-state index contributed by atoms with van der Waals surface area (Å²) in [6.07, 6.45) is 0.150. The van der Waals surface area contributed by atoms with Crippen molar-refractivity contribution in [2.75, 3.05) is 0 Å². The molecule has 0 radical (unpaired) electrons. The maximum Gasteiger partial charge on any atom is 0.280 e. The molecule has 2 aromatic carbocycles. The van der Waals surface area contributed by atoms with Crippen LogP contribution in [0.2, 0.25) is 5.02 Å². The Morgan fingerprint density at radius 1 is 0.971 bits per heavy atom. The Morgan fingerprint density at radius 2 is 1.80 bits per heavy atom. The third kappa shape index (κ3) is 5.12. The van der Waals surface area contributed by atoms with Crippen LogP contribution in [0.1, 0.15) is 17.0 Å². The summed E-state index contributed by atoms with van der Waals surface area (Å²) in [4.78, 5) is 19.8. The van der Waals surface area contributed by atoms with Gasteiger partial charge in [0.1, 0.15) is 24.1 Å². The number of hydrogen-bond donors (Lipinski definition) is 2. The molecule has 11 heteroatoms. The first kappa shape index (κ1) is 22.5. The predicted octanol–water partition coefficient (Wildman–Crippen LogP) is 4.92. The summed E-state index contributed by atoms with van der Waals surface area (Å²) in [5.41, 5.74) is 1.35. The minimum absolute atomic E-state index is 0.0297. The fraction of sp³-hybridized carbons (Fsp3) is 0.0833. The van der Waals surface area contributed by atoms with Gasteiger partial charge in [-0.05, 0) is 29.8 Å². The van der Waals surface area contributed by atoms with E-state index in [4.69, 9.17) is 20.9 Å². The molecule has 0 saturated carbocycles. The molecule has 0 aliphatic carbocycles. The average molecular weight is 496 g/mol. The molecule has 0 atom stereocenters. The normalized spacial score (nSPS) is 11.1. The standard InChI is InChI=1S/C24H16ClF2N5O3/c25-16-7-6-15(18(27)10-16)12-34-23-3-1-2-19(28-23)14-5-4-13(17(26)8-14)9-21-29-24(31-30-21)20-11-22(33)32-35-20/h1-8,10-11H,9,12H2,(H,32,33)(H,29,30,31). The predicted molar refractivity (Wildman–Crippen MR) is 123 cm³/mol. The van der Waals surface area contributed by atoms with Crippen LogP contribution in [-0.4, -0.2) is 25.3 Å². The molecule has 2 N–H and O–H groups in total. The summed E-state index contributed by atoms with van der Waals surface area (Å²) in [6.45, 7) is -0.0297. The van der Waals surface area contributed by atoms with E-state index in [0.717, 1.165) is 0 Å². The van der Waals surface area contributed by atoms with Crippen molar-refractivity contribution in [1.29, 1.82) is 0 Å². The van der Waals surface area contributed by atoms with Crippen molar-refractivity contribution in [2.24, 2.45) is 0 Å². The van der Waals surface area contributed by atoms with Gasteiger partial charge in [-0.3, -0.25) is 9.89 Å². The van der Waals surface area contributed by atoms with E-state index in [1.165, 1.54) is 18.2 Å². The van der Waals surface area contributed by atoms with Crippen molar-refractivity contribution >= 4 is 11.6 Å². The number of benzene rings is 2. The molecule has 0 fully saturated rings. The van der Waals surface area contributed by atoms with Crippen molar-refractivity contribution in [1.82, 2.24) is 25.3 Å². The molecule has 3 heterocycles. The Balaban J connectivity index is 1.29. The Bertz CT molecular complexity index is 1560. The second-order valence-corrected chi connectivity index (χ2v) is 7.99. The first-order chi connectivity index (χ1) is 16.9. The second-order valence-electron chi connectivity index (χ2n) is 7.55. The molecule has 3 aromatic heterocycles. The van der Waals surface area contributed by atoms with Crippen LogP contribution < -0.4 is 10.3 Å². The van der Waals surface area contributed by atoms with Crippen LogP contribution in [-0.2, 0) is 13.0 Å². The van der Waals surface area contributed by atoms with Gasteiger partial charge in [-0.25, -0.2) is 18.7 Å². The summed E-state index contributed by atoms with van der Waals surface area (Å²) in [6, 6.07) is 15.3. The molecular formula is C24H16ClF2N5O3. The lowest BCUT2D eigenvalue weighted by atomic mass is 10.1. The minimum atomic E-state index is -0.470. The first-order valence-corrected chi connectivity index (χ1v) is 10.7. The average Bonchev–Trinajstić information content (AvgIpc) is 3.49. The monoisotopic (exact) mass is 495 g/mol. The Morgan fingerprint density at radius 3 is 2.57 bits per heavy atom. The molecule has 0 unspecified atom stereocenters. The van der Waals surface area contributed by atoms with Gasteiger partial charge in [-0.2, -0.15) is 5.16 Å². The lowest BCUT2D eigenvalue weighted by Gasteiger charge is -2.09. The smallest absolute Gasteiger partial charge is 0.280 e. The van der Waals surface area contributed by atoms with E-state index in [0.29, 0.717) is 33.2 Å². The zero-order valence-electron chi connectivity index (χ0n) is 17.9. The van der Waals surface area contributed by atoms with Crippen LogP contribution in [0, 0.1) is 11.6 Å². The zero-order valence-corrected chi connectivity index (χ0v) is 18.6. The van der Waals surface area contributed by atoms with Gasteiger partial charge in [-0.15, -0.1) is 5.10 Å². The first-order valence-electron chi connectivity index (χ1n) is 10.4. The third-order valence-corrected chi connectivity index (χ3v) is 5.33. The number of pyridine rings is 1. The Hall–Kier alpha value is -4.31. The van der Waals surface area contributed by atoms with E-state index in [-0.39, 0.29) is 30.5 Å². The molecule has 8 nitrogen and oxygen atoms in total. The Kier molecular flexibility index (Phi) is 6.11. The van der Waals surface area contributed by atoms with E-state index >= 15 is 0 Å². The number of ether oxygens (including phenoxy) is 1. The summed E-state index contributed by atoms with van der Waals surface area (Å²) in [7, 11) is 0. The van der Waals surface area contributed by atoms with Crippen LogP contribution in [0.15, 0.2) is 70.0 Å². The highest BCUT2D eigenvalue weighted by Gasteiger charge is 2.14. The van der Waals surface area contributed by atoms with Crippen molar-refractivity contribution in [3.8, 4) is 28.7 Å². The molecule has 0 aliphatic heterocycles. The largest absolute Gasteiger partial charge is 0.473 e. The third-order valence-electron chi connectivity index (χ3n) is 5.10. The van der Waals surface area contributed by atoms with Gasteiger partial charge in [0.2, 0.25) is 17.5 Å². The fourth-order valence-corrected chi connectivity index (χ4v) is 3.51. The van der Waals surface area contributed by atoms with E-state index < -0.39 is 17.2 Å². The number of hydrogen-bond acceptors (Lipinski definition) is 6. The van der Waals surface area contributed by atoms with E-state index in [1.807, 2.05) is 0 Å². The van der Waals surface area contributed by atoms with Crippen molar-refractivity contribution in [2.45, 2.75) is 13.0 Å². The lowest BCUT2D eigenvalue weighted by Crippen LogP contribution is -2.00. The molecule has 35 heavy (non-hydrogen) atoms. The van der Waals surface area contributed by atoms with E-state index in [1.54, 1.807) is 42.5 Å². The Labute approximate surface area is 201 Å². The number of halogens is 3. The zero-order chi connectivity index (χ0) is 24.4. The molecule has 0 amide bonds. The quantitative estimate of drug-likeness (QED) is 0.332. The molecule has 5 aromatic rings. The highest BCUT2D eigenvalue weighted by atomic mass is 35.5. The molecule has 0 saturated heterocycles. The summed E-state index contributed by atoms with van der Waals surface area (Å²) in [5.74, 6) is 0.119. The van der Waals surface area contributed by atoms with Gasteiger partial charge in [0.05, 0.1) is 11.8 Å². The van der Waals surface area contributed by atoms with Crippen LogP contribution in [0.4, 0.5) is 8.78 Å². The molecule has 0 aliphatic rings. The summed E-state index contributed by atoms with van der Waals surface area (Å²) in [5, 5.41) is 9.16. The minimum Gasteiger partial charge on any atom is -0.473 e. The van der Waals surface area contributed by atoms with Gasteiger partial charge >= 0.3 is 0 Å². The number of nitrogens with one attached hydrogen (secondary N) is 2. The van der Waals surface area contributed by atoms with Crippen LogP contribution in [0.3, 0.4) is 0 Å². The molecule has 176 valence electrons. The summed E-state index contributed by atoms with van der Waals surface area (Å²) < 4.78 is 39.4. The number of rotatable bonds is 7. The highest BCUT2D eigenvalue weighted by Crippen LogP contribution is 2.24. The lowest BCUT2D eigenvalue weighted by molar-refractivity contribution is 0.288. The number of aromatic amines is 2. The van der Waals surface area contributed by atoms with E-state index in [2.05, 4.69) is 25.3 Å². The van der Waals surface area contributed by atoms with Crippen molar-refractivity contribution < 1.29 is 18.0 Å². The number of aromatic nitrogens is 5. The van der Waals surface area contributed by atoms with Crippen molar-refractivity contribution in [3.63, 3.8) is 0 Å². The second kappa shape index (κ2) is 9.51. The molecular weight excluding hydrogens is 480 g/mol. The van der Waals surface area contributed by atoms with Gasteiger partial charge in [0.25, 0.3) is 5.56 Å². The summed E-state index contributed by atoms with van der Waals surface area (Å²) >= 11 is 5.77. The topological polar surface area (TPSA) is 110 Å². The number of nitrogens with zero attached hydrogens (tertiary/aromatic N) is 3. The molecule has 5 rings (SSSR count). The van der Waals surface area contributed by atoms with Crippen LogP contribution >= 0.6 is 11.6 Å². The fourth-order valence-electron chi connectivity index (χ4n) is 3.35.